The van der Waals surface area contributed by atoms with Crippen LogP contribution >= 0.6 is 11.3 Å². The van der Waals surface area contributed by atoms with Gasteiger partial charge in [-0.25, -0.2) is 4.98 Å². The molecule has 0 spiro atoms. The van der Waals surface area contributed by atoms with Crippen LogP contribution in [0.1, 0.15) is 90.5 Å². The predicted octanol–water partition coefficient (Wildman–Crippen LogP) is 7.26. The average Bonchev–Trinajstić information content (AvgIpc) is 3.36. The van der Waals surface area contributed by atoms with E-state index in [2.05, 4.69) is 38.7 Å². The molecule has 0 N–H and O–H groups in total. The lowest BCUT2D eigenvalue weighted by molar-refractivity contribution is -0.140. The fourth-order valence-electron chi connectivity index (χ4n) is 5.07. The van der Waals surface area contributed by atoms with Crippen molar-refractivity contribution in [1.82, 2.24) is 9.88 Å². The zero-order chi connectivity index (χ0) is 29.4. The minimum absolute atomic E-state index is 0.0136. The van der Waals surface area contributed by atoms with Gasteiger partial charge in [-0.05, 0) is 64.3 Å². The molecule has 210 valence electrons. The van der Waals surface area contributed by atoms with Crippen molar-refractivity contribution < 1.29 is 9.59 Å². The minimum Gasteiger partial charge on any atom is -0.343 e. The molecule has 0 saturated carbocycles. The first-order chi connectivity index (χ1) is 19.2. The highest BCUT2D eigenvalue weighted by atomic mass is 32.1. The summed E-state index contributed by atoms with van der Waals surface area (Å²) in [5, 5.41) is 19.9. The van der Waals surface area contributed by atoms with E-state index in [9.17, 15) is 20.1 Å². The molecule has 8 heteroatoms. The highest BCUT2D eigenvalue weighted by Crippen LogP contribution is 2.39. The Morgan fingerprint density at radius 3 is 2.08 bits per heavy atom. The second-order valence-electron chi connectivity index (χ2n) is 10.3. The molecule has 3 rings (SSSR count). The summed E-state index contributed by atoms with van der Waals surface area (Å²) in [6.45, 7) is 12.5. The van der Waals surface area contributed by atoms with E-state index in [1.54, 1.807) is 32.1 Å². The lowest BCUT2D eigenvalue weighted by Crippen LogP contribution is -2.42. The number of carbonyl (C=O) groups excluding carboxylic acids is 2. The van der Waals surface area contributed by atoms with Crippen LogP contribution < -0.4 is 4.90 Å². The molecule has 2 atom stereocenters. The van der Waals surface area contributed by atoms with Crippen molar-refractivity contribution in [3.05, 3.63) is 51.4 Å². The Morgan fingerprint density at radius 2 is 1.57 bits per heavy atom. The van der Waals surface area contributed by atoms with Crippen molar-refractivity contribution in [2.75, 3.05) is 11.4 Å². The number of likely N-dealkylation sites (N-methyl/N-ethyl adjacent to an activating group) is 1. The summed E-state index contributed by atoms with van der Waals surface area (Å²) in [5.74, 6) is -0.961. The molecule has 1 aromatic carbocycles. The van der Waals surface area contributed by atoms with Gasteiger partial charge in [0, 0.05) is 29.8 Å². The SMILES string of the molecule is CCCCC(C)N(c1nc(-c2ccc(C#N)cc2)c(/C=C2\C(=O)N(CC)C(=O)C(C#N)=C2C)s1)C(C)CCCC. The average molecular weight is 558 g/mol. The normalized spacial score (nSPS) is 16.2. The summed E-state index contributed by atoms with van der Waals surface area (Å²) in [4.78, 5) is 35.6. The van der Waals surface area contributed by atoms with Gasteiger partial charge >= 0.3 is 0 Å². The van der Waals surface area contributed by atoms with Gasteiger partial charge in [0.05, 0.1) is 22.2 Å². The molecule has 0 saturated heterocycles. The highest BCUT2D eigenvalue weighted by molar-refractivity contribution is 7.17. The Hall–Kier alpha value is -3.75. The Labute approximate surface area is 242 Å². The van der Waals surface area contributed by atoms with Crippen molar-refractivity contribution in [1.29, 1.82) is 10.5 Å². The van der Waals surface area contributed by atoms with Crippen molar-refractivity contribution in [3.8, 4) is 23.4 Å². The maximum Gasteiger partial charge on any atom is 0.271 e. The molecule has 2 amide bonds. The molecule has 40 heavy (non-hydrogen) atoms. The summed E-state index contributed by atoms with van der Waals surface area (Å²) in [6, 6.07) is 12.0. The number of imide groups is 1. The second kappa shape index (κ2) is 14.1. The monoisotopic (exact) mass is 557 g/mol. The number of amides is 2. The number of nitrogens with zero attached hydrogens (tertiary/aromatic N) is 5. The van der Waals surface area contributed by atoms with Crippen molar-refractivity contribution in [2.24, 2.45) is 0 Å². The van der Waals surface area contributed by atoms with Crippen LogP contribution in [0.5, 0.6) is 0 Å². The molecular weight excluding hydrogens is 518 g/mol. The molecule has 2 heterocycles. The minimum atomic E-state index is -0.553. The molecule has 0 aliphatic carbocycles. The third-order valence-corrected chi connectivity index (χ3v) is 8.48. The topological polar surface area (TPSA) is 101 Å². The Balaban J connectivity index is 2.24. The molecule has 1 aliphatic heterocycles. The van der Waals surface area contributed by atoms with E-state index in [1.165, 1.54) is 11.3 Å². The van der Waals surface area contributed by atoms with Crippen LogP contribution in [0.15, 0.2) is 41.0 Å². The van der Waals surface area contributed by atoms with Gasteiger partial charge in [-0.15, -0.1) is 0 Å². The number of nitriles is 2. The van der Waals surface area contributed by atoms with Crippen LogP contribution in [-0.4, -0.2) is 40.3 Å². The summed E-state index contributed by atoms with van der Waals surface area (Å²) < 4.78 is 0. The van der Waals surface area contributed by atoms with Gasteiger partial charge in [0.15, 0.2) is 5.13 Å². The highest BCUT2D eigenvalue weighted by Gasteiger charge is 2.35. The van der Waals surface area contributed by atoms with Gasteiger partial charge in [0.25, 0.3) is 11.8 Å². The third-order valence-electron chi connectivity index (χ3n) is 7.47. The number of anilines is 1. The zero-order valence-electron chi connectivity index (χ0n) is 24.5. The summed E-state index contributed by atoms with van der Waals surface area (Å²) in [7, 11) is 0. The van der Waals surface area contributed by atoms with E-state index >= 15 is 0 Å². The maximum absolute atomic E-state index is 13.4. The number of thiazole rings is 1. The number of unbranched alkanes of at least 4 members (excludes halogenated alkanes) is 2. The van der Waals surface area contributed by atoms with Gasteiger partial charge in [-0.2, -0.15) is 10.5 Å². The van der Waals surface area contributed by atoms with Crippen LogP contribution in [0.25, 0.3) is 17.3 Å². The number of hydrogen-bond donors (Lipinski definition) is 0. The van der Waals surface area contributed by atoms with Gasteiger partial charge in [-0.1, -0.05) is 63.0 Å². The van der Waals surface area contributed by atoms with Gasteiger partial charge in [0.1, 0.15) is 11.6 Å². The fourth-order valence-corrected chi connectivity index (χ4v) is 6.31. The number of aromatic nitrogens is 1. The van der Waals surface area contributed by atoms with Gasteiger partial charge in [0.2, 0.25) is 0 Å². The molecule has 1 aromatic heterocycles. The van der Waals surface area contributed by atoms with Gasteiger partial charge < -0.3 is 4.90 Å². The quantitative estimate of drug-likeness (QED) is 0.201. The predicted molar refractivity (Wildman–Crippen MR) is 161 cm³/mol. The molecule has 2 unspecified atom stereocenters. The van der Waals surface area contributed by atoms with E-state index in [4.69, 9.17) is 4.98 Å². The lowest BCUT2D eigenvalue weighted by atomic mass is 9.94. The fraction of sp³-hybridized carbons (Fsp3) is 0.469. The standard InChI is InChI=1S/C32H39N5O2S/c1-7-10-12-21(4)37(22(5)13-11-8-2)32-35-29(25-16-14-24(19-33)15-17-25)28(40-32)18-26-23(6)27(20-34)31(39)36(9-3)30(26)38/h14-18,21-22H,7-13H2,1-6H3/b26-18-. The maximum atomic E-state index is 13.4. The molecule has 0 fully saturated rings. The zero-order valence-corrected chi connectivity index (χ0v) is 25.3. The third kappa shape index (κ3) is 6.51. The smallest absolute Gasteiger partial charge is 0.271 e. The summed E-state index contributed by atoms with van der Waals surface area (Å²) in [6.07, 6.45) is 8.37. The summed E-state index contributed by atoms with van der Waals surface area (Å²) in [5.41, 5.74) is 2.80. The van der Waals surface area contributed by atoms with Crippen molar-refractivity contribution in [3.63, 3.8) is 0 Å². The lowest BCUT2D eigenvalue weighted by Gasteiger charge is -2.35. The number of benzene rings is 1. The van der Waals surface area contributed by atoms with E-state index in [-0.39, 0.29) is 24.2 Å². The number of carbonyl (C=O) groups is 2. The van der Waals surface area contributed by atoms with Crippen LogP contribution in [0.3, 0.4) is 0 Å². The van der Waals surface area contributed by atoms with E-state index in [0.29, 0.717) is 22.4 Å². The molecule has 1 aliphatic rings. The molecule has 7 nitrogen and oxygen atoms in total. The Morgan fingerprint density at radius 1 is 0.975 bits per heavy atom. The molecule has 0 radical (unpaired) electrons. The van der Waals surface area contributed by atoms with Crippen LogP contribution in [0, 0.1) is 22.7 Å². The summed E-state index contributed by atoms with van der Waals surface area (Å²) >= 11 is 1.52. The molecular formula is C32H39N5O2S. The van der Waals surface area contributed by atoms with Crippen molar-refractivity contribution in [2.45, 2.75) is 92.2 Å². The number of rotatable bonds is 12. The van der Waals surface area contributed by atoms with Crippen molar-refractivity contribution >= 4 is 34.4 Å². The molecule has 0 bridgehead atoms. The van der Waals surface area contributed by atoms with E-state index in [1.807, 2.05) is 18.2 Å². The van der Waals surface area contributed by atoms with Gasteiger partial charge in [-0.3, -0.25) is 14.5 Å². The van der Waals surface area contributed by atoms with Crippen LogP contribution in [-0.2, 0) is 9.59 Å². The van der Waals surface area contributed by atoms with E-state index < -0.39 is 11.8 Å². The first-order valence-corrected chi connectivity index (χ1v) is 15.0. The first-order valence-electron chi connectivity index (χ1n) is 14.2. The number of hydrogen-bond acceptors (Lipinski definition) is 7. The van der Waals surface area contributed by atoms with E-state index in [0.717, 1.165) is 59.0 Å². The Kier molecular flexibility index (Phi) is 10.8. The van der Waals surface area contributed by atoms with Crippen LogP contribution in [0.4, 0.5) is 5.13 Å². The largest absolute Gasteiger partial charge is 0.343 e. The van der Waals surface area contributed by atoms with Crippen LogP contribution in [0.2, 0.25) is 0 Å². The first kappa shape index (κ1) is 30.8. The second-order valence-corrected chi connectivity index (χ2v) is 11.3. The Bertz CT molecular complexity index is 1360. The molecule has 2 aromatic rings.